The average molecular weight is 602 g/mol. The monoisotopic (exact) mass is 600 g/mol. The number of benzene rings is 2. The molecule has 2 aliphatic rings. The third-order valence-corrected chi connectivity index (χ3v) is 7.83. The molecule has 2 atom stereocenters. The molecule has 6 nitrogen and oxygen atoms in total. The molecule has 2 fully saturated rings. The third-order valence-electron chi connectivity index (χ3n) is 6.87. The van der Waals surface area contributed by atoms with Crippen LogP contribution in [0.3, 0.4) is 0 Å². The first kappa shape index (κ1) is 30.1. The standard InChI is InChI=1S/C28H21Cl3N2O3.C2H6.CH4O/c29-23-2-1-3-24(30)26(23)27-22(28(36-33-27)15-4-5-15)14-35-18-8-9-19(25(31)10-18)21-11-20(21)16-6-7-17(13-34)32-12-16;2*1-2/h1-3,6-10,12-13,15,20-21H,4-5,11,14H2;1-2H3;2H,1H3. The van der Waals surface area contributed by atoms with Gasteiger partial charge in [0, 0.05) is 29.8 Å². The summed E-state index contributed by atoms with van der Waals surface area (Å²) in [6.07, 6.45) is 5.65. The summed E-state index contributed by atoms with van der Waals surface area (Å²) in [5.41, 5.74) is 4.77. The quantitative estimate of drug-likeness (QED) is 0.203. The Hall–Kier alpha value is -2.90. The van der Waals surface area contributed by atoms with E-state index in [2.05, 4.69) is 10.1 Å². The van der Waals surface area contributed by atoms with Gasteiger partial charge in [0.15, 0.2) is 6.29 Å². The number of rotatable bonds is 8. The molecule has 0 spiro atoms. The first-order chi connectivity index (χ1) is 19.5. The minimum absolute atomic E-state index is 0.267. The number of hydrogen-bond donors (Lipinski definition) is 1. The fraction of sp³-hybridized carbons (Fsp3) is 0.323. The summed E-state index contributed by atoms with van der Waals surface area (Å²) in [4.78, 5) is 15.0. The normalized spacial score (nSPS) is 17.2. The number of aliphatic hydroxyl groups excluding tert-OH is 1. The Bertz CT molecular complexity index is 1430. The summed E-state index contributed by atoms with van der Waals surface area (Å²) in [6, 6.07) is 14.9. The van der Waals surface area contributed by atoms with Crippen LogP contribution in [0.4, 0.5) is 0 Å². The van der Waals surface area contributed by atoms with Gasteiger partial charge in [0.1, 0.15) is 29.5 Å². The highest BCUT2D eigenvalue weighted by Gasteiger charge is 2.41. The van der Waals surface area contributed by atoms with Crippen molar-refractivity contribution in [2.24, 2.45) is 0 Å². The lowest BCUT2D eigenvalue weighted by molar-refractivity contribution is 0.111. The molecule has 1 N–H and O–H groups in total. The van der Waals surface area contributed by atoms with Crippen LogP contribution < -0.4 is 4.74 Å². The summed E-state index contributed by atoms with van der Waals surface area (Å²) in [5.74, 6) is 2.52. The Morgan fingerprint density at radius 3 is 2.33 bits per heavy atom. The van der Waals surface area contributed by atoms with Gasteiger partial charge in [0.05, 0.1) is 15.6 Å². The smallest absolute Gasteiger partial charge is 0.168 e. The molecule has 2 saturated carbocycles. The van der Waals surface area contributed by atoms with E-state index in [4.69, 9.17) is 49.2 Å². The largest absolute Gasteiger partial charge is 0.489 e. The Morgan fingerprint density at radius 2 is 1.73 bits per heavy atom. The van der Waals surface area contributed by atoms with Gasteiger partial charge in [-0.2, -0.15) is 0 Å². The maximum atomic E-state index is 10.9. The minimum atomic E-state index is 0.267. The van der Waals surface area contributed by atoms with Gasteiger partial charge in [-0.3, -0.25) is 9.78 Å². The number of nitrogens with zero attached hydrogens (tertiary/aromatic N) is 2. The summed E-state index contributed by atoms with van der Waals surface area (Å²) in [7, 11) is 1.00. The fourth-order valence-electron chi connectivity index (χ4n) is 4.71. The minimum Gasteiger partial charge on any atom is -0.489 e. The van der Waals surface area contributed by atoms with E-state index in [9.17, 15) is 4.79 Å². The van der Waals surface area contributed by atoms with Crippen LogP contribution in [0.25, 0.3) is 11.3 Å². The summed E-state index contributed by atoms with van der Waals surface area (Å²) >= 11 is 19.6. The molecule has 4 aromatic rings. The van der Waals surface area contributed by atoms with Crippen molar-refractivity contribution in [3.8, 4) is 17.0 Å². The molecule has 0 radical (unpaired) electrons. The second-order valence-corrected chi connectivity index (χ2v) is 10.5. The first-order valence-corrected chi connectivity index (χ1v) is 14.4. The maximum absolute atomic E-state index is 10.9. The molecule has 2 aromatic heterocycles. The molecular weight excluding hydrogens is 571 g/mol. The summed E-state index contributed by atoms with van der Waals surface area (Å²) < 4.78 is 11.9. The van der Waals surface area contributed by atoms with Gasteiger partial charge in [0.25, 0.3) is 0 Å². The van der Waals surface area contributed by atoms with E-state index >= 15 is 0 Å². The Balaban J connectivity index is 0.000000886. The molecule has 2 aromatic carbocycles. The highest BCUT2D eigenvalue weighted by atomic mass is 35.5. The number of halogens is 3. The van der Waals surface area contributed by atoms with Crippen LogP contribution in [0.5, 0.6) is 5.75 Å². The molecule has 0 saturated heterocycles. The lowest BCUT2D eigenvalue weighted by atomic mass is 10.0. The molecule has 0 bridgehead atoms. The van der Waals surface area contributed by atoms with Crippen LogP contribution in [0, 0.1) is 0 Å². The predicted molar refractivity (Wildman–Crippen MR) is 159 cm³/mol. The topological polar surface area (TPSA) is 85.5 Å². The van der Waals surface area contributed by atoms with Crippen molar-refractivity contribution in [2.75, 3.05) is 7.11 Å². The van der Waals surface area contributed by atoms with Crippen LogP contribution in [-0.4, -0.2) is 28.6 Å². The van der Waals surface area contributed by atoms with Crippen LogP contribution in [0.2, 0.25) is 15.1 Å². The van der Waals surface area contributed by atoms with Gasteiger partial charge < -0.3 is 14.4 Å². The zero-order valence-electron chi connectivity index (χ0n) is 22.5. The number of pyridine rings is 1. The van der Waals surface area contributed by atoms with Gasteiger partial charge in [-0.25, -0.2) is 0 Å². The van der Waals surface area contributed by atoms with Gasteiger partial charge in [-0.1, -0.05) is 72.0 Å². The second-order valence-electron chi connectivity index (χ2n) is 9.30. The van der Waals surface area contributed by atoms with Crippen molar-refractivity contribution in [1.82, 2.24) is 10.1 Å². The fourth-order valence-corrected chi connectivity index (χ4v) is 5.60. The van der Waals surface area contributed by atoms with E-state index in [0.29, 0.717) is 55.5 Å². The highest BCUT2D eigenvalue weighted by molar-refractivity contribution is 6.39. The van der Waals surface area contributed by atoms with Gasteiger partial charge in [-0.05, 0) is 72.6 Å². The molecule has 0 aliphatic heterocycles. The average Bonchev–Trinajstić information content (AvgIpc) is 3.92. The van der Waals surface area contributed by atoms with Crippen molar-refractivity contribution in [1.29, 1.82) is 0 Å². The first-order valence-electron chi connectivity index (χ1n) is 13.2. The molecule has 2 heterocycles. The summed E-state index contributed by atoms with van der Waals surface area (Å²) in [6.45, 7) is 4.27. The van der Waals surface area contributed by atoms with Gasteiger partial charge in [0.2, 0.25) is 0 Å². The number of aldehydes is 1. The van der Waals surface area contributed by atoms with Crippen molar-refractivity contribution in [3.05, 3.63) is 97.9 Å². The van der Waals surface area contributed by atoms with E-state index in [1.807, 2.05) is 38.1 Å². The van der Waals surface area contributed by atoms with E-state index < -0.39 is 0 Å². The van der Waals surface area contributed by atoms with E-state index in [1.165, 1.54) is 0 Å². The Kier molecular flexibility index (Phi) is 10.3. The number of carbonyl (C=O) groups is 1. The zero-order chi connectivity index (χ0) is 28.8. The van der Waals surface area contributed by atoms with E-state index in [0.717, 1.165) is 55.1 Å². The maximum Gasteiger partial charge on any atom is 0.168 e. The lowest BCUT2D eigenvalue weighted by Crippen LogP contribution is -2.00. The number of aromatic nitrogens is 2. The SMILES string of the molecule is CC.CO.O=Cc1ccc(C2CC2c2ccc(OCc3c(-c4c(Cl)cccc4Cl)noc3C3CC3)cc2Cl)cn1. The second kappa shape index (κ2) is 13.6. The third kappa shape index (κ3) is 6.52. The van der Waals surface area contributed by atoms with Crippen molar-refractivity contribution in [2.45, 2.75) is 57.5 Å². The zero-order valence-corrected chi connectivity index (χ0v) is 24.8. The summed E-state index contributed by atoms with van der Waals surface area (Å²) in [5, 5.41) is 13.0. The molecular formula is C31H31Cl3N2O4. The molecule has 0 amide bonds. The number of ether oxygens (including phenoxy) is 1. The van der Waals surface area contributed by atoms with Crippen molar-refractivity contribution in [3.63, 3.8) is 0 Å². The van der Waals surface area contributed by atoms with Crippen LogP contribution in [0.15, 0.2) is 59.3 Å². The van der Waals surface area contributed by atoms with E-state index in [1.54, 1.807) is 30.5 Å². The molecule has 6 rings (SSSR count). The molecule has 2 aliphatic carbocycles. The van der Waals surface area contributed by atoms with Crippen LogP contribution >= 0.6 is 34.8 Å². The van der Waals surface area contributed by atoms with Crippen LogP contribution in [0.1, 0.15) is 83.8 Å². The Labute approximate surface area is 249 Å². The number of aliphatic hydroxyl groups is 1. The lowest BCUT2D eigenvalue weighted by Gasteiger charge is -2.11. The Morgan fingerprint density at radius 1 is 1.00 bits per heavy atom. The van der Waals surface area contributed by atoms with Gasteiger partial charge >= 0.3 is 0 Å². The molecule has 2 unspecified atom stereocenters. The predicted octanol–water partition coefficient (Wildman–Crippen LogP) is 8.87. The van der Waals surface area contributed by atoms with Crippen molar-refractivity contribution >= 4 is 41.1 Å². The number of hydrogen-bond acceptors (Lipinski definition) is 6. The molecule has 40 heavy (non-hydrogen) atoms. The van der Waals surface area contributed by atoms with E-state index in [-0.39, 0.29) is 6.61 Å². The van der Waals surface area contributed by atoms with Crippen molar-refractivity contribution < 1.29 is 19.2 Å². The van der Waals surface area contributed by atoms with Crippen LogP contribution in [-0.2, 0) is 6.61 Å². The highest BCUT2D eigenvalue weighted by Crippen LogP contribution is 2.56. The molecule has 9 heteroatoms. The number of carbonyl (C=O) groups excluding carboxylic acids is 1. The van der Waals surface area contributed by atoms with Gasteiger partial charge in [-0.15, -0.1) is 0 Å². The molecule has 210 valence electrons.